The van der Waals surface area contributed by atoms with E-state index in [2.05, 4.69) is 4.74 Å². The number of ether oxygens (including phenoxy) is 2. The van der Waals surface area contributed by atoms with Crippen LogP contribution in [0.1, 0.15) is 18.1 Å². The molecule has 116 valence electrons. The highest BCUT2D eigenvalue weighted by molar-refractivity contribution is 5.74. The average molecular weight is 302 g/mol. The molecule has 0 aliphatic heterocycles. The summed E-state index contributed by atoms with van der Waals surface area (Å²) < 4.78 is 23.9. The molecule has 0 saturated carbocycles. The van der Waals surface area contributed by atoms with Crippen LogP contribution in [0.4, 0.5) is 4.39 Å². The molecule has 4 heteroatoms. The van der Waals surface area contributed by atoms with Gasteiger partial charge in [0.05, 0.1) is 6.61 Å². The van der Waals surface area contributed by atoms with Crippen molar-refractivity contribution in [2.24, 2.45) is 0 Å². The second kappa shape index (κ2) is 8.17. The van der Waals surface area contributed by atoms with E-state index in [4.69, 9.17) is 4.74 Å². The maximum Gasteiger partial charge on any atom is 0.341 e. The number of hydrogen-bond acceptors (Lipinski definition) is 3. The molecule has 2 aromatic rings. The molecule has 0 bridgehead atoms. The van der Waals surface area contributed by atoms with Crippen molar-refractivity contribution < 1.29 is 18.7 Å². The Bertz CT molecular complexity index is 581. The first-order valence-electron chi connectivity index (χ1n) is 7.25. The molecule has 0 aliphatic rings. The summed E-state index contributed by atoms with van der Waals surface area (Å²) in [5.74, 6) is -0.106. The fourth-order valence-corrected chi connectivity index (χ4v) is 1.99. The third-order valence-corrected chi connectivity index (χ3v) is 3.13. The molecule has 2 aromatic carbocycles. The van der Waals surface area contributed by atoms with Crippen molar-refractivity contribution in [2.45, 2.75) is 26.1 Å². The van der Waals surface area contributed by atoms with Gasteiger partial charge >= 0.3 is 5.97 Å². The van der Waals surface area contributed by atoms with E-state index in [0.29, 0.717) is 12.4 Å². The molecule has 0 heterocycles. The third-order valence-electron chi connectivity index (χ3n) is 3.13. The Morgan fingerprint density at radius 1 is 1.05 bits per heavy atom. The highest BCUT2D eigenvalue weighted by atomic mass is 19.1. The Morgan fingerprint density at radius 3 is 2.36 bits per heavy atom. The van der Waals surface area contributed by atoms with E-state index in [1.807, 2.05) is 30.3 Å². The summed E-state index contributed by atoms with van der Waals surface area (Å²) in [6.07, 6.45) is -1.62. The molecule has 1 atom stereocenters. The van der Waals surface area contributed by atoms with Gasteiger partial charge < -0.3 is 9.47 Å². The van der Waals surface area contributed by atoms with Gasteiger partial charge in [-0.2, -0.15) is 0 Å². The van der Waals surface area contributed by atoms with Gasteiger partial charge in [-0.15, -0.1) is 0 Å². The van der Waals surface area contributed by atoms with Crippen molar-refractivity contribution in [1.29, 1.82) is 0 Å². The lowest BCUT2D eigenvalue weighted by Gasteiger charge is -2.09. The minimum atomic E-state index is -1.63. The van der Waals surface area contributed by atoms with Crippen LogP contribution in [0, 0.1) is 0 Å². The topological polar surface area (TPSA) is 35.5 Å². The number of carbonyl (C=O) groups is 1. The Labute approximate surface area is 129 Å². The average Bonchev–Trinajstić information content (AvgIpc) is 2.55. The van der Waals surface area contributed by atoms with Crippen LogP contribution in [-0.4, -0.2) is 18.7 Å². The normalized spacial score (nSPS) is 11.7. The van der Waals surface area contributed by atoms with Gasteiger partial charge in [0.1, 0.15) is 12.4 Å². The molecule has 0 N–H and O–H groups in total. The summed E-state index contributed by atoms with van der Waals surface area (Å²) in [6.45, 7) is 2.32. The summed E-state index contributed by atoms with van der Waals surface area (Å²) in [4.78, 5) is 11.3. The molecule has 0 radical (unpaired) electrons. The van der Waals surface area contributed by atoms with E-state index in [1.165, 1.54) is 0 Å². The van der Waals surface area contributed by atoms with Crippen molar-refractivity contribution in [3.63, 3.8) is 0 Å². The van der Waals surface area contributed by atoms with Crippen LogP contribution >= 0.6 is 0 Å². The predicted molar refractivity (Wildman–Crippen MR) is 82.4 cm³/mol. The highest BCUT2D eigenvalue weighted by Gasteiger charge is 2.18. The number of esters is 1. The van der Waals surface area contributed by atoms with Gasteiger partial charge in [-0.3, -0.25) is 0 Å². The maximum absolute atomic E-state index is 13.6. The Kier molecular flexibility index (Phi) is 5.95. The zero-order valence-corrected chi connectivity index (χ0v) is 12.5. The molecule has 0 aliphatic carbocycles. The summed E-state index contributed by atoms with van der Waals surface area (Å²) >= 11 is 0. The smallest absolute Gasteiger partial charge is 0.341 e. The van der Waals surface area contributed by atoms with Gasteiger partial charge in [0, 0.05) is 6.42 Å². The van der Waals surface area contributed by atoms with Gasteiger partial charge in [0.15, 0.2) is 0 Å². The Balaban J connectivity index is 1.86. The number of benzene rings is 2. The highest BCUT2D eigenvalue weighted by Crippen LogP contribution is 2.16. The fraction of sp³-hybridized carbons (Fsp3) is 0.278. The fourth-order valence-electron chi connectivity index (χ4n) is 1.99. The summed E-state index contributed by atoms with van der Waals surface area (Å²) in [5, 5.41) is 0. The number of halogens is 1. The van der Waals surface area contributed by atoms with E-state index in [1.54, 1.807) is 31.2 Å². The second-order valence-corrected chi connectivity index (χ2v) is 4.84. The summed E-state index contributed by atoms with van der Waals surface area (Å²) in [6, 6.07) is 16.9. The Morgan fingerprint density at radius 2 is 1.73 bits per heavy atom. The van der Waals surface area contributed by atoms with Crippen molar-refractivity contribution in [3.8, 4) is 5.75 Å². The molecule has 3 nitrogen and oxygen atoms in total. The minimum absolute atomic E-state index is 0.0117. The maximum atomic E-state index is 13.6. The van der Waals surface area contributed by atoms with Gasteiger partial charge in [0.2, 0.25) is 6.17 Å². The van der Waals surface area contributed by atoms with Crippen LogP contribution in [0.2, 0.25) is 0 Å². The minimum Gasteiger partial charge on any atom is -0.489 e. The van der Waals surface area contributed by atoms with Crippen LogP contribution in [0.3, 0.4) is 0 Å². The molecule has 0 aromatic heterocycles. The van der Waals surface area contributed by atoms with Crippen molar-refractivity contribution >= 4 is 5.97 Å². The van der Waals surface area contributed by atoms with Gasteiger partial charge in [0.25, 0.3) is 0 Å². The quantitative estimate of drug-likeness (QED) is 0.731. The van der Waals surface area contributed by atoms with Crippen LogP contribution in [0.5, 0.6) is 5.75 Å². The number of hydrogen-bond donors (Lipinski definition) is 0. The van der Waals surface area contributed by atoms with E-state index in [0.717, 1.165) is 11.1 Å². The molecule has 0 fully saturated rings. The van der Waals surface area contributed by atoms with Crippen LogP contribution in [0.15, 0.2) is 54.6 Å². The van der Waals surface area contributed by atoms with E-state index in [9.17, 15) is 9.18 Å². The standard InChI is InChI=1S/C18H19FO3/c1-2-21-18(20)17(19)12-14-8-10-16(11-9-14)22-13-15-6-4-3-5-7-15/h3-11,17H,2,12-13H2,1H3. The predicted octanol–water partition coefficient (Wildman–Crippen LogP) is 3.71. The molecule has 1 unspecified atom stereocenters. The third kappa shape index (κ3) is 4.88. The summed E-state index contributed by atoms with van der Waals surface area (Å²) in [5.41, 5.74) is 1.81. The lowest BCUT2D eigenvalue weighted by molar-refractivity contribution is -0.149. The van der Waals surface area contributed by atoms with E-state index in [-0.39, 0.29) is 13.0 Å². The SMILES string of the molecule is CCOC(=O)C(F)Cc1ccc(OCc2ccccc2)cc1. The Hall–Kier alpha value is -2.36. The van der Waals surface area contributed by atoms with Crippen molar-refractivity contribution in [3.05, 3.63) is 65.7 Å². The molecule has 0 amide bonds. The number of carbonyl (C=O) groups excluding carboxylic acids is 1. The molecule has 2 rings (SSSR count). The lowest BCUT2D eigenvalue weighted by Crippen LogP contribution is -2.21. The van der Waals surface area contributed by atoms with Gasteiger partial charge in [-0.05, 0) is 30.2 Å². The molecular formula is C18H19FO3. The van der Waals surface area contributed by atoms with E-state index < -0.39 is 12.1 Å². The second-order valence-electron chi connectivity index (χ2n) is 4.84. The zero-order chi connectivity index (χ0) is 15.8. The van der Waals surface area contributed by atoms with Crippen LogP contribution < -0.4 is 4.74 Å². The molecule has 0 spiro atoms. The van der Waals surface area contributed by atoms with Gasteiger partial charge in [-0.25, -0.2) is 9.18 Å². The number of rotatable bonds is 7. The monoisotopic (exact) mass is 302 g/mol. The zero-order valence-electron chi connectivity index (χ0n) is 12.5. The molecule has 22 heavy (non-hydrogen) atoms. The summed E-state index contributed by atoms with van der Waals surface area (Å²) in [7, 11) is 0. The first-order valence-corrected chi connectivity index (χ1v) is 7.25. The van der Waals surface area contributed by atoms with Crippen molar-refractivity contribution in [2.75, 3.05) is 6.61 Å². The number of alkyl halides is 1. The molecule has 0 saturated heterocycles. The first-order chi connectivity index (χ1) is 10.7. The van der Waals surface area contributed by atoms with Crippen LogP contribution in [-0.2, 0) is 22.6 Å². The van der Waals surface area contributed by atoms with Gasteiger partial charge in [-0.1, -0.05) is 42.5 Å². The van der Waals surface area contributed by atoms with Crippen molar-refractivity contribution in [1.82, 2.24) is 0 Å². The lowest BCUT2D eigenvalue weighted by atomic mass is 10.1. The van der Waals surface area contributed by atoms with Crippen LogP contribution in [0.25, 0.3) is 0 Å². The molecular weight excluding hydrogens is 283 g/mol. The largest absolute Gasteiger partial charge is 0.489 e. The first kappa shape index (κ1) is 16.0. The van der Waals surface area contributed by atoms with E-state index >= 15 is 0 Å².